The highest BCUT2D eigenvalue weighted by Crippen LogP contribution is 2.29. The van der Waals surface area contributed by atoms with Gasteiger partial charge in [-0.15, -0.1) is 0 Å². The van der Waals surface area contributed by atoms with Crippen LogP contribution in [0.4, 0.5) is 18.9 Å². The number of alkyl halides is 3. The summed E-state index contributed by atoms with van der Waals surface area (Å²) in [6.45, 7) is 0. The number of carbonyl (C=O) groups excluding carboxylic acids is 1. The second kappa shape index (κ2) is 8.25. The van der Waals surface area contributed by atoms with Crippen LogP contribution in [-0.4, -0.2) is 24.1 Å². The fraction of sp³-hybridized carbons (Fsp3) is 0.100. The van der Waals surface area contributed by atoms with Gasteiger partial charge in [-0.1, -0.05) is 17.9 Å². The fourth-order valence-electron chi connectivity index (χ4n) is 2.62. The van der Waals surface area contributed by atoms with Gasteiger partial charge < -0.3 is 5.32 Å². The highest BCUT2D eigenvalue weighted by Gasteiger charge is 2.30. The van der Waals surface area contributed by atoms with Gasteiger partial charge in [-0.2, -0.15) is 18.3 Å². The summed E-state index contributed by atoms with van der Waals surface area (Å²) in [6, 6.07) is 9.66. The molecule has 0 saturated heterocycles. The SMILES string of the molecule is Cn1ncc(C#Cc2cccc(S(N)(=O)=O)c2)c1C(=O)Nc1ccc(C(F)(F)F)cc1. The van der Waals surface area contributed by atoms with E-state index in [0.717, 1.165) is 24.3 Å². The summed E-state index contributed by atoms with van der Waals surface area (Å²) in [7, 11) is -2.38. The van der Waals surface area contributed by atoms with E-state index in [0.29, 0.717) is 5.56 Å². The molecule has 3 rings (SSSR count). The molecule has 0 aliphatic carbocycles. The Morgan fingerprint density at radius 2 is 1.81 bits per heavy atom. The molecule has 3 N–H and O–H groups in total. The lowest BCUT2D eigenvalue weighted by Crippen LogP contribution is -2.17. The molecule has 0 atom stereocenters. The molecule has 3 aromatic rings. The lowest BCUT2D eigenvalue weighted by Gasteiger charge is -2.09. The van der Waals surface area contributed by atoms with Crippen molar-refractivity contribution >= 4 is 21.6 Å². The standard InChI is InChI=1S/C20H15F3N4O3S/c1-27-18(19(28)26-16-9-7-15(8-10-16)20(21,22)23)14(12-25-27)6-5-13-3-2-4-17(11-13)31(24,29)30/h2-4,7-12H,1H3,(H,26,28)(H2,24,29,30). The third-order valence-electron chi connectivity index (χ3n) is 4.13. The number of sulfonamides is 1. The number of benzene rings is 2. The van der Waals surface area contributed by atoms with Gasteiger partial charge in [-0.25, -0.2) is 13.6 Å². The van der Waals surface area contributed by atoms with Gasteiger partial charge >= 0.3 is 6.18 Å². The van der Waals surface area contributed by atoms with Gasteiger partial charge in [0.1, 0.15) is 5.69 Å². The van der Waals surface area contributed by atoms with E-state index < -0.39 is 27.7 Å². The lowest BCUT2D eigenvalue weighted by molar-refractivity contribution is -0.137. The van der Waals surface area contributed by atoms with Crippen LogP contribution in [0.3, 0.4) is 0 Å². The zero-order chi connectivity index (χ0) is 22.8. The topological polar surface area (TPSA) is 107 Å². The Hall–Kier alpha value is -3.62. The van der Waals surface area contributed by atoms with Gasteiger partial charge in [0.25, 0.3) is 5.91 Å². The van der Waals surface area contributed by atoms with Crippen molar-refractivity contribution in [2.24, 2.45) is 12.2 Å². The first-order valence-electron chi connectivity index (χ1n) is 8.60. The van der Waals surface area contributed by atoms with Crippen LogP contribution in [0.15, 0.2) is 59.6 Å². The van der Waals surface area contributed by atoms with Crippen molar-refractivity contribution in [3.05, 3.63) is 77.1 Å². The number of nitrogens with zero attached hydrogens (tertiary/aromatic N) is 2. The highest BCUT2D eigenvalue weighted by atomic mass is 32.2. The Morgan fingerprint density at radius 1 is 1.13 bits per heavy atom. The number of aromatic nitrogens is 2. The number of rotatable bonds is 3. The summed E-state index contributed by atoms with van der Waals surface area (Å²) in [5, 5.41) is 11.6. The second-order valence-corrected chi connectivity index (χ2v) is 7.94. The number of halogens is 3. The molecule has 11 heteroatoms. The fourth-order valence-corrected chi connectivity index (χ4v) is 3.18. The lowest BCUT2D eigenvalue weighted by atomic mass is 10.1. The van der Waals surface area contributed by atoms with Crippen LogP contribution in [0.2, 0.25) is 0 Å². The predicted molar refractivity (Wildman–Crippen MR) is 106 cm³/mol. The number of amides is 1. The first-order chi connectivity index (χ1) is 14.4. The summed E-state index contributed by atoms with van der Waals surface area (Å²) in [4.78, 5) is 12.5. The summed E-state index contributed by atoms with van der Waals surface area (Å²) < 4.78 is 62.2. The van der Waals surface area contributed by atoms with Gasteiger partial charge in [0.05, 0.1) is 22.2 Å². The maximum Gasteiger partial charge on any atom is 0.416 e. The summed E-state index contributed by atoms with van der Waals surface area (Å²) >= 11 is 0. The number of carbonyl (C=O) groups is 1. The Bertz CT molecular complexity index is 1300. The number of nitrogens with one attached hydrogen (secondary N) is 1. The quantitative estimate of drug-likeness (QED) is 0.601. The summed E-state index contributed by atoms with van der Waals surface area (Å²) in [6.07, 6.45) is -3.13. The summed E-state index contributed by atoms with van der Waals surface area (Å²) in [5.74, 6) is 4.87. The van der Waals surface area contributed by atoms with Gasteiger partial charge in [-0.3, -0.25) is 9.48 Å². The molecular weight excluding hydrogens is 433 g/mol. The van der Waals surface area contributed by atoms with E-state index in [1.54, 1.807) is 6.07 Å². The molecule has 160 valence electrons. The molecule has 1 aromatic heterocycles. The van der Waals surface area contributed by atoms with Crippen molar-refractivity contribution in [2.45, 2.75) is 11.1 Å². The molecule has 31 heavy (non-hydrogen) atoms. The van der Waals surface area contributed by atoms with E-state index in [-0.39, 0.29) is 21.8 Å². The predicted octanol–water partition coefficient (Wildman–Crippen LogP) is 2.74. The molecule has 0 fully saturated rings. The molecule has 0 aliphatic rings. The highest BCUT2D eigenvalue weighted by molar-refractivity contribution is 7.89. The summed E-state index contributed by atoms with van der Waals surface area (Å²) in [5.41, 5.74) is 0.00525. The van der Waals surface area contributed by atoms with Gasteiger partial charge in [0, 0.05) is 18.3 Å². The maximum atomic E-state index is 12.7. The van der Waals surface area contributed by atoms with Crippen LogP contribution in [-0.2, 0) is 23.2 Å². The minimum atomic E-state index is -4.48. The van der Waals surface area contributed by atoms with Gasteiger partial charge in [0.15, 0.2) is 0 Å². The Balaban J connectivity index is 1.85. The molecule has 1 amide bonds. The third kappa shape index (κ3) is 5.30. The van der Waals surface area contributed by atoms with Crippen LogP contribution in [0.1, 0.15) is 27.2 Å². The minimum Gasteiger partial charge on any atom is -0.321 e. The van der Waals surface area contributed by atoms with Crippen LogP contribution >= 0.6 is 0 Å². The molecule has 0 radical (unpaired) electrons. The van der Waals surface area contributed by atoms with Crippen molar-refractivity contribution in [1.29, 1.82) is 0 Å². The van der Waals surface area contributed by atoms with Crippen LogP contribution < -0.4 is 10.5 Å². The number of primary sulfonamides is 1. The van der Waals surface area contributed by atoms with Crippen LogP contribution in [0, 0.1) is 11.8 Å². The zero-order valence-corrected chi connectivity index (χ0v) is 16.8. The van der Waals surface area contributed by atoms with E-state index in [4.69, 9.17) is 5.14 Å². The zero-order valence-electron chi connectivity index (χ0n) is 15.9. The minimum absolute atomic E-state index is 0.0787. The monoisotopic (exact) mass is 448 g/mol. The van der Waals surface area contributed by atoms with Crippen molar-refractivity contribution in [3.8, 4) is 11.8 Å². The average Bonchev–Trinajstić information content (AvgIpc) is 3.06. The first kappa shape index (κ1) is 22.1. The molecular formula is C20H15F3N4O3S. The molecule has 0 bridgehead atoms. The van der Waals surface area contributed by atoms with Crippen LogP contribution in [0.25, 0.3) is 0 Å². The first-order valence-corrected chi connectivity index (χ1v) is 10.2. The smallest absolute Gasteiger partial charge is 0.321 e. The van der Waals surface area contributed by atoms with Gasteiger partial charge in [0.2, 0.25) is 10.0 Å². The Kier molecular flexibility index (Phi) is 5.88. The van der Waals surface area contributed by atoms with E-state index >= 15 is 0 Å². The number of hydrogen-bond acceptors (Lipinski definition) is 4. The van der Waals surface area contributed by atoms with Crippen LogP contribution in [0.5, 0.6) is 0 Å². The average molecular weight is 448 g/mol. The molecule has 0 saturated carbocycles. The molecule has 2 aromatic carbocycles. The molecule has 0 spiro atoms. The number of nitrogens with two attached hydrogens (primary N) is 1. The van der Waals surface area contributed by atoms with Crippen molar-refractivity contribution in [2.75, 3.05) is 5.32 Å². The maximum absolute atomic E-state index is 12.7. The van der Waals surface area contributed by atoms with Gasteiger partial charge in [-0.05, 0) is 42.5 Å². The molecule has 1 heterocycles. The van der Waals surface area contributed by atoms with E-state index in [1.807, 2.05) is 0 Å². The second-order valence-electron chi connectivity index (χ2n) is 6.38. The number of hydrogen-bond donors (Lipinski definition) is 2. The number of aryl methyl sites for hydroxylation is 1. The van der Waals surface area contributed by atoms with Crippen molar-refractivity contribution in [1.82, 2.24) is 9.78 Å². The largest absolute Gasteiger partial charge is 0.416 e. The number of anilines is 1. The van der Waals surface area contributed by atoms with Crippen molar-refractivity contribution < 1.29 is 26.4 Å². The van der Waals surface area contributed by atoms with Crippen molar-refractivity contribution in [3.63, 3.8) is 0 Å². The molecule has 0 unspecified atom stereocenters. The van der Waals surface area contributed by atoms with E-state index in [9.17, 15) is 26.4 Å². The Morgan fingerprint density at radius 3 is 2.42 bits per heavy atom. The molecule has 7 nitrogen and oxygen atoms in total. The normalized spacial score (nSPS) is 11.5. The van der Waals surface area contributed by atoms with E-state index in [1.165, 1.54) is 36.1 Å². The Labute approximate surface area is 175 Å². The molecule has 0 aliphatic heterocycles. The third-order valence-corrected chi connectivity index (χ3v) is 5.04. The van der Waals surface area contributed by atoms with E-state index in [2.05, 4.69) is 22.3 Å².